The summed E-state index contributed by atoms with van der Waals surface area (Å²) in [6.45, 7) is 10.1. The maximum absolute atomic E-state index is 15.4. The molecule has 9 nitrogen and oxygen atoms in total. The first-order chi connectivity index (χ1) is 17.6. The predicted octanol–water partition coefficient (Wildman–Crippen LogP) is 4.11. The lowest BCUT2D eigenvalue weighted by molar-refractivity contribution is 0.102. The van der Waals surface area contributed by atoms with Crippen LogP contribution in [0.1, 0.15) is 70.7 Å². The smallest absolute Gasteiger partial charge is 0.259 e. The second-order valence-corrected chi connectivity index (χ2v) is 13.8. The molecule has 0 bridgehead atoms. The molecule has 1 aliphatic heterocycles. The van der Waals surface area contributed by atoms with Gasteiger partial charge in [-0.15, -0.1) is 0 Å². The van der Waals surface area contributed by atoms with E-state index in [9.17, 15) is 18.3 Å². The minimum Gasteiger partial charge on any atom is -0.394 e. The number of anilines is 3. The molecule has 0 atom stereocenters. The van der Waals surface area contributed by atoms with Crippen LogP contribution in [0.5, 0.6) is 0 Å². The first kappa shape index (κ1) is 28.3. The molecular weight excluding hydrogens is 509 g/mol. The van der Waals surface area contributed by atoms with Gasteiger partial charge < -0.3 is 20.6 Å². The summed E-state index contributed by atoms with van der Waals surface area (Å²) < 4.78 is 43.3. The molecule has 1 aromatic heterocycles. The van der Waals surface area contributed by atoms with Crippen LogP contribution in [0.3, 0.4) is 0 Å². The highest BCUT2D eigenvalue weighted by atomic mass is 32.2. The van der Waals surface area contributed by atoms with Crippen LogP contribution < -0.4 is 20.3 Å². The lowest BCUT2D eigenvalue weighted by Crippen LogP contribution is -2.40. The zero-order valence-electron chi connectivity index (χ0n) is 22.7. The van der Waals surface area contributed by atoms with Crippen LogP contribution in [0, 0.1) is 11.2 Å². The van der Waals surface area contributed by atoms with Crippen LogP contribution in [0.2, 0.25) is 0 Å². The lowest BCUT2D eigenvalue weighted by atomic mass is 9.93. The summed E-state index contributed by atoms with van der Waals surface area (Å²) >= 11 is 0. The van der Waals surface area contributed by atoms with Gasteiger partial charge in [0.1, 0.15) is 16.5 Å². The number of pyridine rings is 1. The number of hydrogen-bond acceptors (Lipinski definition) is 7. The van der Waals surface area contributed by atoms with E-state index in [1.165, 1.54) is 25.0 Å². The molecule has 4 rings (SSSR count). The first-order valence-electron chi connectivity index (χ1n) is 12.9. The number of carbonyl (C=O) groups excluding carboxylic acids is 1. The van der Waals surface area contributed by atoms with Crippen molar-refractivity contribution in [2.45, 2.75) is 76.3 Å². The number of hydrogen-bond donors (Lipinski definition) is 4. The first-order valence-corrected chi connectivity index (χ1v) is 14.4. The van der Waals surface area contributed by atoms with E-state index in [2.05, 4.69) is 20.3 Å². The number of carbonyl (C=O) groups is 1. The summed E-state index contributed by atoms with van der Waals surface area (Å²) in [6.07, 6.45) is 4.50. The Morgan fingerprint density at radius 1 is 1.08 bits per heavy atom. The van der Waals surface area contributed by atoms with E-state index < -0.39 is 37.7 Å². The molecule has 1 aliphatic carbocycles. The van der Waals surface area contributed by atoms with Crippen LogP contribution >= 0.6 is 0 Å². The minimum atomic E-state index is -4.15. The van der Waals surface area contributed by atoms with Gasteiger partial charge in [0.25, 0.3) is 5.91 Å². The molecule has 0 radical (unpaired) electrons. The molecule has 1 saturated heterocycles. The van der Waals surface area contributed by atoms with Crippen molar-refractivity contribution in [1.29, 1.82) is 0 Å². The number of nitrogens with zero attached hydrogens (tertiary/aromatic N) is 2. The molecule has 1 saturated carbocycles. The van der Waals surface area contributed by atoms with Crippen LogP contribution in [0.4, 0.5) is 21.7 Å². The number of sulfonamides is 1. The average molecular weight is 548 g/mol. The van der Waals surface area contributed by atoms with Crippen molar-refractivity contribution in [3.8, 4) is 0 Å². The van der Waals surface area contributed by atoms with E-state index >= 15 is 4.39 Å². The van der Waals surface area contributed by atoms with Gasteiger partial charge in [0.05, 0.1) is 23.4 Å². The van der Waals surface area contributed by atoms with Crippen LogP contribution in [0.25, 0.3) is 0 Å². The number of aromatic nitrogens is 1. The Bertz CT molecular complexity index is 1310. The van der Waals surface area contributed by atoms with Gasteiger partial charge in [-0.25, -0.2) is 22.5 Å². The fourth-order valence-electron chi connectivity index (χ4n) is 4.65. The van der Waals surface area contributed by atoms with Crippen LogP contribution in [-0.2, 0) is 10.0 Å². The standard InChI is InChI=1S/C27H38FN5O4S/c1-25(2,3)32-38(36,37)20-8-6-7-19(22(20)28)29-24(35)18-9-10-21(31-26(4,5)17-34)30-23(18)33-15-13-27(11-12-27)14-16-33/h6-10,32,34H,11-17H2,1-5H3,(H,29,35)(H,30,31). The number of rotatable bonds is 8. The number of nitrogens with one attached hydrogen (secondary N) is 3. The number of aliphatic hydroxyl groups is 1. The van der Waals surface area contributed by atoms with Gasteiger partial charge in [-0.2, -0.15) is 0 Å². The zero-order valence-corrected chi connectivity index (χ0v) is 23.5. The Balaban J connectivity index is 1.64. The molecular formula is C27H38FN5O4S. The lowest BCUT2D eigenvalue weighted by Gasteiger charge is -2.34. The third-order valence-electron chi connectivity index (χ3n) is 7.00. The topological polar surface area (TPSA) is 124 Å². The highest BCUT2D eigenvalue weighted by Gasteiger charge is 2.45. The van der Waals surface area contributed by atoms with Gasteiger partial charge in [0.2, 0.25) is 10.0 Å². The fourth-order valence-corrected chi connectivity index (χ4v) is 6.17. The maximum Gasteiger partial charge on any atom is 0.259 e. The zero-order chi connectivity index (χ0) is 27.9. The Kier molecular flexibility index (Phi) is 7.50. The van der Waals surface area contributed by atoms with Crippen molar-refractivity contribution in [2.24, 2.45) is 5.41 Å². The van der Waals surface area contributed by atoms with Gasteiger partial charge >= 0.3 is 0 Å². The number of piperidine rings is 1. The summed E-state index contributed by atoms with van der Waals surface area (Å²) in [7, 11) is -4.15. The van der Waals surface area contributed by atoms with Crippen LogP contribution in [-0.4, -0.2) is 55.2 Å². The van der Waals surface area contributed by atoms with Gasteiger partial charge in [-0.05, 0) is 90.0 Å². The van der Waals surface area contributed by atoms with E-state index in [0.717, 1.165) is 32.0 Å². The van der Waals surface area contributed by atoms with Crippen molar-refractivity contribution < 1.29 is 22.7 Å². The Morgan fingerprint density at radius 2 is 1.74 bits per heavy atom. The van der Waals surface area contributed by atoms with Gasteiger partial charge in [-0.3, -0.25) is 4.79 Å². The molecule has 208 valence electrons. The molecule has 1 aromatic carbocycles. The summed E-state index contributed by atoms with van der Waals surface area (Å²) in [4.78, 5) is 19.7. The van der Waals surface area contributed by atoms with Crippen molar-refractivity contribution in [2.75, 3.05) is 35.2 Å². The average Bonchev–Trinajstić information content (AvgIpc) is 3.57. The van der Waals surface area contributed by atoms with E-state index in [4.69, 9.17) is 4.98 Å². The number of amides is 1. The molecule has 38 heavy (non-hydrogen) atoms. The Morgan fingerprint density at radius 3 is 2.32 bits per heavy atom. The SMILES string of the molecule is CC(C)(C)NS(=O)(=O)c1cccc(NC(=O)c2ccc(NC(C)(C)CO)nc2N2CCC3(CC2)CC3)c1F. The summed E-state index contributed by atoms with van der Waals surface area (Å²) in [5, 5.41) is 15.4. The Labute approximate surface area is 224 Å². The van der Waals surface area contributed by atoms with Crippen molar-refractivity contribution in [3.05, 3.63) is 41.7 Å². The normalized spacial score (nSPS) is 17.4. The molecule has 2 aliphatic rings. The predicted molar refractivity (Wildman–Crippen MR) is 147 cm³/mol. The maximum atomic E-state index is 15.4. The third kappa shape index (κ3) is 6.44. The third-order valence-corrected chi connectivity index (χ3v) is 8.78. The number of aliphatic hydroxyl groups excluding tert-OH is 1. The van der Waals surface area contributed by atoms with E-state index in [-0.39, 0.29) is 17.9 Å². The van der Waals surface area contributed by atoms with Crippen molar-refractivity contribution in [1.82, 2.24) is 9.71 Å². The van der Waals surface area contributed by atoms with Crippen LogP contribution in [0.15, 0.2) is 35.2 Å². The van der Waals surface area contributed by atoms with Crippen molar-refractivity contribution >= 4 is 33.3 Å². The van der Waals surface area contributed by atoms with Crippen molar-refractivity contribution in [3.63, 3.8) is 0 Å². The highest BCUT2D eigenvalue weighted by molar-refractivity contribution is 7.89. The molecule has 4 N–H and O–H groups in total. The second-order valence-electron chi connectivity index (χ2n) is 12.1. The van der Waals surface area contributed by atoms with E-state index in [1.807, 2.05) is 13.8 Å². The molecule has 2 aromatic rings. The monoisotopic (exact) mass is 547 g/mol. The molecule has 1 spiro atoms. The minimum absolute atomic E-state index is 0.110. The summed E-state index contributed by atoms with van der Waals surface area (Å²) in [5.41, 5.74) is -0.992. The molecule has 0 unspecified atom stereocenters. The number of benzene rings is 1. The highest BCUT2D eigenvalue weighted by Crippen LogP contribution is 2.54. The van der Waals surface area contributed by atoms with Gasteiger partial charge in [0.15, 0.2) is 5.82 Å². The second kappa shape index (κ2) is 10.1. The molecule has 11 heteroatoms. The summed E-state index contributed by atoms with van der Waals surface area (Å²) in [6, 6.07) is 7.14. The number of halogens is 1. The largest absolute Gasteiger partial charge is 0.394 e. The van der Waals surface area contributed by atoms with E-state index in [0.29, 0.717) is 17.1 Å². The molecule has 2 heterocycles. The molecule has 1 amide bonds. The molecule has 2 fully saturated rings. The fraction of sp³-hybridized carbons (Fsp3) is 0.556. The Hall–Kier alpha value is -2.76. The van der Waals surface area contributed by atoms with E-state index in [1.54, 1.807) is 32.9 Å². The summed E-state index contributed by atoms with van der Waals surface area (Å²) in [5.74, 6) is -0.654. The van der Waals surface area contributed by atoms with Gasteiger partial charge in [0, 0.05) is 18.6 Å². The van der Waals surface area contributed by atoms with Gasteiger partial charge in [-0.1, -0.05) is 6.07 Å². The quantitative estimate of drug-likeness (QED) is 0.392.